The quantitative estimate of drug-likeness (QED) is 0.613. The van der Waals surface area contributed by atoms with Gasteiger partial charge in [-0.2, -0.15) is 0 Å². The maximum absolute atomic E-state index is 11.7. The molecule has 0 aromatic rings. The van der Waals surface area contributed by atoms with Gasteiger partial charge in [-0.25, -0.2) is 0 Å². The lowest BCUT2D eigenvalue weighted by Gasteiger charge is -2.28. The number of nitrogens with one attached hydrogen (secondary N) is 1. The Bertz CT molecular complexity index is 191. The van der Waals surface area contributed by atoms with Crippen LogP contribution in [0.3, 0.4) is 0 Å². The van der Waals surface area contributed by atoms with Gasteiger partial charge in [0.1, 0.15) is 0 Å². The summed E-state index contributed by atoms with van der Waals surface area (Å²) < 4.78 is 0. The van der Waals surface area contributed by atoms with Crippen molar-refractivity contribution in [1.82, 2.24) is 10.2 Å². The Kier molecular flexibility index (Phi) is 6.52. The molecule has 4 heteroatoms. The fourth-order valence-corrected chi connectivity index (χ4v) is 1.45. The summed E-state index contributed by atoms with van der Waals surface area (Å²) >= 11 is 0. The Morgan fingerprint density at radius 2 is 1.87 bits per heavy atom. The van der Waals surface area contributed by atoms with Crippen LogP contribution in [0.5, 0.6) is 0 Å². The highest BCUT2D eigenvalue weighted by Crippen LogP contribution is 2.06. The normalized spacial score (nSPS) is 11.5. The van der Waals surface area contributed by atoms with E-state index in [1.807, 2.05) is 13.8 Å². The number of aliphatic hydroxyl groups excluding tert-OH is 1. The molecule has 0 unspecified atom stereocenters. The smallest absolute Gasteiger partial charge is 0.241 e. The third kappa shape index (κ3) is 5.74. The van der Waals surface area contributed by atoms with Gasteiger partial charge in [0.05, 0.1) is 5.54 Å². The van der Waals surface area contributed by atoms with Crippen molar-refractivity contribution in [3.8, 4) is 0 Å². The van der Waals surface area contributed by atoms with Crippen LogP contribution < -0.4 is 5.32 Å². The van der Waals surface area contributed by atoms with E-state index in [4.69, 9.17) is 5.11 Å². The molecule has 0 radical (unpaired) electrons. The molecular weight excluding hydrogens is 192 g/mol. The van der Waals surface area contributed by atoms with Crippen LogP contribution in [0.4, 0.5) is 0 Å². The monoisotopic (exact) mass is 216 g/mol. The number of aliphatic hydroxyl groups is 1. The van der Waals surface area contributed by atoms with Gasteiger partial charge in [0.25, 0.3) is 0 Å². The van der Waals surface area contributed by atoms with Gasteiger partial charge in [-0.1, -0.05) is 0 Å². The van der Waals surface area contributed by atoms with Crippen LogP contribution in [-0.2, 0) is 4.79 Å². The van der Waals surface area contributed by atoms with Crippen molar-refractivity contribution in [2.75, 3.05) is 27.2 Å². The molecule has 0 bridgehead atoms. The van der Waals surface area contributed by atoms with E-state index in [1.54, 1.807) is 19.0 Å². The molecule has 90 valence electrons. The Hall–Kier alpha value is -0.610. The average Bonchev–Trinajstić information content (AvgIpc) is 2.16. The molecule has 2 N–H and O–H groups in total. The molecular formula is C11H24N2O2. The summed E-state index contributed by atoms with van der Waals surface area (Å²) in [4.78, 5) is 13.3. The predicted molar refractivity (Wildman–Crippen MR) is 61.7 cm³/mol. The molecule has 0 aliphatic rings. The zero-order valence-electron chi connectivity index (χ0n) is 10.3. The number of carbonyl (C=O) groups excluding carboxylic acids is 1. The molecule has 1 amide bonds. The third-order valence-electron chi connectivity index (χ3n) is 2.34. The first-order valence-electron chi connectivity index (χ1n) is 5.49. The first-order chi connectivity index (χ1) is 6.91. The lowest BCUT2D eigenvalue weighted by atomic mass is 10.0. The summed E-state index contributed by atoms with van der Waals surface area (Å²) in [5.41, 5.74) is -0.497. The second-order valence-corrected chi connectivity index (χ2v) is 4.54. The van der Waals surface area contributed by atoms with E-state index < -0.39 is 5.54 Å². The molecule has 0 aliphatic heterocycles. The Balaban J connectivity index is 3.79. The summed E-state index contributed by atoms with van der Waals surface area (Å²) in [5.74, 6) is 0.0876. The highest BCUT2D eigenvalue weighted by molar-refractivity contribution is 5.84. The highest BCUT2D eigenvalue weighted by atomic mass is 16.2. The van der Waals surface area contributed by atoms with Crippen molar-refractivity contribution in [3.05, 3.63) is 0 Å². The molecule has 0 saturated heterocycles. The van der Waals surface area contributed by atoms with Crippen molar-refractivity contribution < 1.29 is 9.90 Å². The van der Waals surface area contributed by atoms with Gasteiger partial charge >= 0.3 is 0 Å². The minimum absolute atomic E-state index is 0.0876. The standard InChI is InChI=1S/C11H24N2O2/c1-11(2,10(15)13(3)4)12-8-6-5-7-9-14/h12,14H,5-9H2,1-4H3. The van der Waals surface area contributed by atoms with Gasteiger partial charge in [0.2, 0.25) is 5.91 Å². The summed E-state index contributed by atoms with van der Waals surface area (Å²) in [7, 11) is 3.52. The zero-order valence-corrected chi connectivity index (χ0v) is 10.3. The van der Waals surface area contributed by atoms with Gasteiger partial charge in [-0.05, 0) is 39.7 Å². The molecule has 0 heterocycles. The summed E-state index contributed by atoms with van der Waals surface area (Å²) in [6, 6.07) is 0. The molecule has 0 aliphatic carbocycles. The number of amides is 1. The first kappa shape index (κ1) is 14.4. The number of likely N-dealkylation sites (N-methyl/N-ethyl adjacent to an activating group) is 1. The van der Waals surface area contributed by atoms with Crippen LogP contribution in [0.25, 0.3) is 0 Å². The topological polar surface area (TPSA) is 52.6 Å². The zero-order chi connectivity index (χ0) is 11.9. The van der Waals surface area contributed by atoms with E-state index in [0.717, 1.165) is 25.8 Å². The van der Waals surface area contributed by atoms with E-state index in [9.17, 15) is 4.79 Å². The Morgan fingerprint density at radius 3 is 2.33 bits per heavy atom. The fourth-order valence-electron chi connectivity index (χ4n) is 1.45. The van der Waals surface area contributed by atoms with E-state index >= 15 is 0 Å². The average molecular weight is 216 g/mol. The van der Waals surface area contributed by atoms with Crippen molar-refractivity contribution in [1.29, 1.82) is 0 Å². The number of hydrogen-bond donors (Lipinski definition) is 2. The highest BCUT2D eigenvalue weighted by Gasteiger charge is 2.27. The van der Waals surface area contributed by atoms with E-state index in [1.165, 1.54) is 0 Å². The van der Waals surface area contributed by atoms with Crippen LogP contribution >= 0.6 is 0 Å². The molecule has 0 aromatic heterocycles. The van der Waals surface area contributed by atoms with Crippen LogP contribution in [0, 0.1) is 0 Å². The Morgan fingerprint density at radius 1 is 1.27 bits per heavy atom. The van der Waals surface area contributed by atoms with Crippen LogP contribution in [0.15, 0.2) is 0 Å². The number of carbonyl (C=O) groups is 1. The van der Waals surface area contributed by atoms with Gasteiger partial charge < -0.3 is 15.3 Å². The lowest BCUT2D eigenvalue weighted by molar-refractivity contribution is -0.134. The molecule has 0 atom stereocenters. The van der Waals surface area contributed by atoms with Gasteiger partial charge in [-0.3, -0.25) is 4.79 Å². The van der Waals surface area contributed by atoms with Gasteiger partial charge in [-0.15, -0.1) is 0 Å². The van der Waals surface area contributed by atoms with Crippen LogP contribution in [0.2, 0.25) is 0 Å². The van der Waals surface area contributed by atoms with Crippen molar-refractivity contribution >= 4 is 5.91 Å². The molecule has 4 nitrogen and oxygen atoms in total. The van der Waals surface area contributed by atoms with Gasteiger partial charge in [0, 0.05) is 20.7 Å². The summed E-state index contributed by atoms with van der Waals surface area (Å²) in [6.45, 7) is 4.84. The van der Waals surface area contributed by atoms with Crippen molar-refractivity contribution in [3.63, 3.8) is 0 Å². The number of rotatable bonds is 7. The molecule has 0 spiro atoms. The minimum Gasteiger partial charge on any atom is -0.396 e. The Labute approximate surface area is 92.7 Å². The SMILES string of the molecule is CN(C)C(=O)C(C)(C)NCCCCCO. The predicted octanol–water partition coefficient (Wildman–Crippen LogP) is 0.605. The number of unbranched alkanes of at least 4 members (excludes halogenated alkanes) is 2. The van der Waals surface area contributed by atoms with Crippen LogP contribution in [0.1, 0.15) is 33.1 Å². The molecule has 15 heavy (non-hydrogen) atoms. The minimum atomic E-state index is -0.497. The second-order valence-electron chi connectivity index (χ2n) is 4.54. The van der Waals surface area contributed by atoms with Gasteiger partial charge in [0.15, 0.2) is 0 Å². The summed E-state index contributed by atoms with van der Waals surface area (Å²) in [6.07, 6.45) is 2.82. The van der Waals surface area contributed by atoms with Crippen LogP contribution in [-0.4, -0.2) is 48.7 Å². The molecule has 0 fully saturated rings. The maximum Gasteiger partial charge on any atom is 0.241 e. The number of hydrogen-bond acceptors (Lipinski definition) is 3. The number of nitrogens with zero attached hydrogens (tertiary/aromatic N) is 1. The van der Waals surface area contributed by atoms with Crippen molar-refractivity contribution in [2.24, 2.45) is 0 Å². The third-order valence-corrected chi connectivity index (χ3v) is 2.34. The van der Waals surface area contributed by atoms with E-state index in [2.05, 4.69) is 5.32 Å². The second kappa shape index (κ2) is 6.80. The maximum atomic E-state index is 11.7. The first-order valence-corrected chi connectivity index (χ1v) is 5.49. The molecule has 0 saturated carbocycles. The van der Waals surface area contributed by atoms with E-state index in [0.29, 0.717) is 0 Å². The summed E-state index contributed by atoms with van der Waals surface area (Å²) in [5, 5.41) is 11.8. The molecule has 0 aromatic carbocycles. The fraction of sp³-hybridized carbons (Fsp3) is 0.909. The lowest BCUT2D eigenvalue weighted by Crippen LogP contribution is -2.52. The van der Waals surface area contributed by atoms with E-state index in [-0.39, 0.29) is 12.5 Å². The largest absolute Gasteiger partial charge is 0.396 e. The molecule has 0 rings (SSSR count). The van der Waals surface area contributed by atoms with Crippen molar-refractivity contribution in [2.45, 2.75) is 38.6 Å².